The Morgan fingerprint density at radius 1 is 1.37 bits per heavy atom. The van der Waals surface area contributed by atoms with Crippen LogP contribution >= 0.6 is 0 Å². The highest BCUT2D eigenvalue weighted by Gasteiger charge is 2.21. The van der Waals surface area contributed by atoms with E-state index in [1.807, 2.05) is 0 Å². The van der Waals surface area contributed by atoms with E-state index in [9.17, 15) is 8.42 Å². The number of aromatic amines is 1. The lowest BCUT2D eigenvalue weighted by Gasteiger charge is -2.14. The van der Waals surface area contributed by atoms with Crippen molar-refractivity contribution in [3.63, 3.8) is 0 Å². The first-order valence-electron chi connectivity index (χ1n) is 5.67. The molecular weight excluding hydrogens is 266 g/mol. The molecule has 8 heteroatoms. The van der Waals surface area contributed by atoms with E-state index in [0.717, 1.165) is 5.56 Å². The summed E-state index contributed by atoms with van der Waals surface area (Å²) in [5.74, 6) is 0. The smallest absolute Gasteiger partial charge is 0.244 e. The molecule has 19 heavy (non-hydrogen) atoms. The molecule has 0 aliphatic heterocycles. The number of anilines is 1. The summed E-state index contributed by atoms with van der Waals surface area (Å²) in [5.41, 5.74) is 1.26. The average molecular weight is 281 g/mol. The van der Waals surface area contributed by atoms with Crippen molar-refractivity contribution in [3.8, 4) is 0 Å². The minimum absolute atomic E-state index is 0.118. The monoisotopic (exact) mass is 281 g/mol. The summed E-state index contributed by atoms with van der Waals surface area (Å²) in [6.45, 7) is 1.75. The van der Waals surface area contributed by atoms with Gasteiger partial charge in [0.25, 0.3) is 0 Å². The molecule has 2 rings (SSSR count). The molecule has 2 heterocycles. The molecule has 102 valence electrons. The van der Waals surface area contributed by atoms with Gasteiger partial charge >= 0.3 is 0 Å². The molecule has 0 fully saturated rings. The van der Waals surface area contributed by atoms with Crippen molar-refractivity contribution in [2.45, 2.75) is 17.9 Å². The first-order valence-corrected chi connectivity index (χ1v) is 7.15. The summed E-state index contributed by atoms with van der Waals surface area (Å²) >= 11 is 0. The molecule has 3 N–H and O–H groups in total. The van der Waals surface area contributed by atoms with Crippen LogP contribution in [0.25, 0.3) is 0 Å². The number of H-pyrrole nitrogens is 1. The van der Waals surface area contributed by atoms with Crippen LogP contribution in [0.3, 0.4) is 0 Å². The molecule has 0 bridgehead atoms. The summed E-state index contributed by atoms with van der Waals surface area (Å²) in [7, 11) is -1.98. The molecule has 0 aromatic carbocycles. The van der Waals surface area contributed by atoms with Gasteiger partial charge in [-0.3, -0.25) is 10.1 Å². The second kappa shape index (κ2) is 5.37. The van der Waals surface area contributed by atoms with E-state index in [4.69, 9.17) is 0 Å². The van der Waals surface area contributed by atoms with Gasteiger partial charge < -0.3 is 5.32 Å². The van der Waals surface area contributed by atoms with Crippen molar-refractivity contribution in [2.75, 3.05) is 12.4 Å². The van der Waals surface area contributed by atoms with Gasteiger partial charge in [-0.15, -0.1) is 0 Å². The third kappa shape index (κ3) is 2.91. The lowest BCUT2D eigenvalue weighted by molar-refractivity contribution is 0.567. The molecule has 0 saturated heterocycles. The van der Waals surface area contributed by atoms with Crippen LogP contribution in [-0.2, 0) is 10.0 Å². The van der Waals surface area contributed by atoms with Crippen LogP contribution in [0.1, 0.15) is 18.5 Å². The maximum absolute atomic E-state index is 12.3. The molecule has 0 amide bonds. The first kappa shape index (κ1) is 13.5. The number of nitrogens with one attached hydrogen (secondary N) is 3. The Labute approximate surface area is 111 Å². The molecule has 2 aromatic heterocycles. The maximum Gasteiger partial charge on any atom is 0.244 e. The van der Waals surface area contributed by atoms with Gasteiger partial charge in [0, 0.05) is 37.2 Å². The molecule has 0 aliphatic rings. The van der Waals surface area contributed by atoms with Crippen LogP contribution in [0, 0.1) is 0 Å². The van der Waals surface area contributed by atoms with Crippen LogP contribution < -0.4 is 10.0 Å². The minimum atomic E-state index is -3.64. The van der Waals surface area contributed by atoms with Crippen LogP contribution in [0.2, 0.25) is 0 Å². The van der Waals surface area contributed by atoms with E-state index in [1.54, 1.807) is 32.4 Å². The van der Waals surface area contributed by atoms with Gasteiger partial charge in [-0.2, -0.15) is 5.10 Å². The van der Waals surface area contributed by atoms with E-state index in [2.05, 4.69) is 25.2 Å². The van der Waals surface area contributed by atoms with Gasteiger partial charge in [-0.05, 0) is 13.0 Å². The fourth-order valence-corrected chi connectivity index (χ4v) is 3.05. The number of nitrogens with zero attached hydrogens (tertiary/aromatic N) is 2. The van der Waals surface area contributed by atoms with Crippen molar-refractivity contribution in [1.82, 2.24) is 19.9 Å². The van der Waals surface area contributed by atoms with Crippen LogP contribution in [-0.4, -0.2) is 30.6 Å². The van der Waals surface area contributed by atoms with Crippen molar-refractivity contribution in [3.05, 3.63) is 36.4 Å². The van der Waals surface area contributed by atoms with Gasteiger partial charge in [0.05, 0.1) is 11.9 Å². The first-order chi connectivity index (χ1) is 9.04. The molecule has 0 spiro atoms. The summed E-state index contributed by atoms with van der Waals surface area (Å²) in [4.78, 5) is 3.97. The Kier molecular flexibility index (Phi) is 3.82. The van der Waals surface area contributed by atoms with Crippen molar-refractivity contribution in [1.29, 1.82) is 0 Å². The number of pyridine rings is 1. The highest BCUT2D eigenvalue weighted by atomic mass is 32.2. The second-order valence-electron chi connectivity index (χ2n) is 4.00. The fraction of sp³-hybridized carbons (Fsp3) is 0.273. The Morgan fingerprint density at radius 3 is 2.79 bits per heavy atom. The predicted octanol–water partition coefficient (Wildman–Crippen LogP) is 0.886. The van der Waals surface area contributed by atoms with E-state index >= 15 is 0 Å². The number of hydrogen-bond donors (Lipinski definition) is 3. The summed E-state index contributed by atoms with van der Waals surface area (Å²) in [6, 6.07) is 1.23. The summed E-state index contributed by atoms with van der Waals surface area (Å²) in [5, 5.41) is 9.28. The van der Waals surface area contributed by atoms with Crippen molar-refractivity contribution >= 4 is 15.7 Å². The third-order valence-electron chi connectivity index (χ3n) is 2.69. The normalized spacial score (nSPS) is 13.2. The Morgan fingerprint density at radius 2 is 2.16 bits per heavy atom. The Balaban J connectivity index is 2.28. The van der Waals surface area contributed by atoms with Gasteiger partial charge in [0.2, 0.25) is 10.0 Å². The van der Waals surface area contributed by atoms with Crippen LogP contribution in [0.4, 0.5) is 5.69 Å². The maximum atomic E-state index is 12.3. The SMILES string of the molecule is CNc1ccncc1S(=O)(=O)NC(C)c1cn[nH]c1. The topological polar surface area (TPSA) is 99.8 Å². The highest BCUT2D eigenvalue weighted by Crippen LogP contribution is 2.21. The standard InChI is InChI=1S/C11H15N5O2S/c1-8(9-5-14-15-6-9)16-19(17,18)11-7-13-4-3-10(11)12-2/h3-8,16H,1-2H3,(H,12,13)(H,14,15). The summed E-state index contributed by atoms with van der Waals surface area (Å²) < 4.78 is 27.2. The lowest BCUT2D eigenvalue weighted by Crippen LogP contribution is -2.27. The van der Waals surface area contributed by atoms with E-state index < -0.39 is 10.0 Å². The zero-order chi connectivity index (χ0) is 13.9. The van der Waals surface area contributed by atoms with E-state index in [0.29, 0.717) is 5.69 Å². The van der Waals surface area contributed by atoms with Gasteiger partial charge in [0.1, 0.15) is 4.90 Å². The Bertz CT molecular complexity index is 639. The molecule has 1 atom stereocenters. The van der Waals surface area contributed by atoms with Gasteiger partial charge in [0.15, 0.2) is 0 Å². The van der Waals surface area contributed by atoms with Crippen LogP contribution in [0.15, 0.2) is 35.7 Å². The van der Waals surface area contributed by atoms with Gasteiger partial charge in [-0.1, -0.05) is 0 Å². The van der Waals surface area contributed by atoms with Crippen molar-refractivity contribution in [2.24, 2.45) is 0 Å². The largest absolute Gasteiger partial charge is 0.387 e. The minimum Gasteiger partial charge on any atom is -0.387 e. The Hall–Kier alpha value is -1.93. The molecular formula is C11H15N5O2S. The zero-order valence-corrected chi connectivity index (χ0v) is 11.4. The molecule has 1 unspecified atom stereocenters. The average Bonchev–Trinajstić information content (AvgIpc) is 2.92. The lowest BCUT2D eigenvalue weighted by atomic mass is 10.2. The highest BCUT2D eigenvalue weighted by molar-refractivity contribution is 7.89. The number of hydrogen-bond acceptors (Lipinski definition) is 5. The molecule has 0 saturated carbocycles. The quantitative estimate of drug-likeness (QED) is 0.755. The number of aromatic nitrogens is 3. The van der Waals surface area contributed by atoms with Crippen molar-refractivity contribution < 1.29 is 8.42 Å². The third-order valence-corrected chi connectivity index (χ3v) is 4.26. The number of sulfonamides is 1. The van der Waals surface area contributed by atoms with Gasteiger partial charge in [-0.25, -0.2) is 13.1 Å². The van der Waals surface area contributed by atoms with Crippen LogP contribution in [0.5, 0.6) is 0 Å². The molecule has 2 aromatic rings. The molecule has 0 radical (unpaired) electrons. The van der Waals surface area contributed by atoms with E-state index in [-0.39, 0.29) is 10.9 Å². The molecule has 0 aliphatic carbocycles. The molecule has 7 nitrogen and oxygen atoms in total. The fourth-order valence-electron chi connectivity index (χ4n) is 1.66. The predicted molar refractivity (Wildman–Crippen MR) is 71.1 cm³/mol. The summed E-state index contributed by atoms with van der Waals surface area (Å²) in [6.07, 6.45) is 6.07. The zero-order valence-electron chi connectivity index (χ0n) is 10.6. The van der Waals surface area contributed by atoms with E-state index in [1.165, 1.54) is 12.4 Å². The number of rotatable bonds is 5. The second-order valence-corrected chi connectivity index (χ2v) is 5.68.